The Labute approximate surface area is 183 Å². The van der Waals surface area contributed by atoms with Gasteiger partial charge in [-0.2, -0.15) is 5.10 Å². The summed E-state index contributed by atoms with van der Waals surface area (Å²) in [6, 6.07) is 10.3. The van der Waals surface area contributed by atoms with Crippen molar-refractivity contribution >= 4 is 5.91 Å². The van der Waals surface area contributed by atoms with Crippen LogP contribution in [0.4, 0.5) is 0 Å². The van der Waals surface area contributed by atoms with Crippen molar-refractivity contribution in [1.82, 2.24) is 24.2 Å². The van der Waals surface area contributed by atoms with Crippen LogP contribution in [-0.2, 0) is 37.3 Å². The van der Waals surface area contributed by atoms with Gasteiger partial charge in [-0.1, -0.05) is 30.3 Å². The number of aryl methyl sites for hydroxylation is 3. The lowest BCUT2D eigenvalue weighted by Crippen LogP contribution is -2.36. The van der Waals surface area contributed by atoms with E-state index in [2.05, 4.69) is 35.2 Å². The number of carbonyl (C=O) groups excluding carboxylic acids is 1. The molecule has 1 aromatic carbocycles. The van der Waals surface area contributed by atoms with E-state index in [1.165, 1.54) is 35.4 Å². The molecule has 3 heterocycles. The van der Waals surface area contributed by atoms with Crippen molar-refractivity contribution in [3.05, 3.63) is 59.0 Å². The monoisotopic (exact) mass is 417 g/mol. The largest absolute Gasteiger partial charge is 0.338 e. The molecule has 5 rings (SSSR count). The summed E-state index contributed by atoms with van der Waals surface area (Å²) in [6.07, 6.45) is 6.77. The topological polar surface area (TPSA) is 56.0 Å². The van der Waals surface area contributed by atoms with Gasteiger partial charge < -0.3 is 9.47 Å². The van der Waals surface area contributed by atoms with E-state index >= 15 is 0 Å². The highest BCUT2D eigenvalue weighted by Crippen LogP contribution is 2.35. The van der Waals surface area contributed by atoms with Crippen molar-refractivity contribution in [2.75, 3.05) is 6.54 Å². The Morgan fingerprint density at radius 1 is 1.19 bits per heavy atom. The highest BCUT2D eigenvalue weighted by atomic mass is 16.2. The van der Waals surface area contributed by atoms with Gasteiger partial charge in [0.2, 0.25) is 5.91 Å². The molecule has 0 radical (unpaired) electrons. The molecule has 162 valence electrons. The molecule has 1 saturated carbocycles. The first-order chi connectivity index (χ1) is 15.1. The van der Waals surface area contributed by atoms with Crippen LogP contribution in [0.15, 0.2) is 36.5 Å². The molecular weight excluding hydrogens is 386 g/mol. The zero-order valence-electron chi connectivity index (χ0n) is 18.5. The maximum Gasteiger partial charge on any atom is 0.223 e. The standard InChI is InChI=1S/C25H31N5O/c1-3-30-22-13-14-28(23(31)12-11-19-7-5-4-6-8-19)17-21(22)24(27-30)25-26-15-18(2)29(25)16-20-9-10-20/h4-8,15,20H,3,9-14,16-17H2,1-2H3. The average molecular weight is 418 g/mol. The van der Waals surface area contributed by atoms with E-state index in [1.807, 2.05) is 29.3 Å². The zero-order chi connectivity index (χ0) is 21.4. The van der Waals surface area contributed by atoms with E-state index in [0.29, 0.717) is 13.0 Å². The second-order valence-electron chi connectivity index (χ2n) is 8.92. The van der Waals surface area contributed by atoms with Gasteiger partial charge in [-0.3, -0.25) is 9.48 Å². The summed E-state index contributed by atoms with van der Waals surface area (Å²) >= 11 is 0. The van der Waals surface area contributed by atoms with E-state index in [4.69, 9.17) is 10.1 Å². The van der Waals surface area contributed by atoms with E-state index in [0.717, 1.165) is 49.9 Å². The van der Waals surface area contributed by atoms with Crippen molar-refractivity contribution in [2.24, 2.45) is 5.92 Å². The first-order valence-electron chi connectivity index (χ1n) is 11.6. The van der Waals surface area contributed by atoms with Crippen LogP contribution in [-0.4, -0.2) is 36.7 Å². The molecule has 1 aliphatic carbocycles. The zero-order valence-corrected chi connectivity index (χ0v) is 18.5. The number of imidazole rings is 1. The Kier molecular flexibility index (Phi) is 5.38. The van der Waals surface area contributed by atoms with Crippen LogP contribution in [0.1, 0.15) is 48.7 Å². The maximum absolute atomic E-state index is 13.0. The fourth-order valence-corrected chi connectivity index (χ4v) is 4.64. The van der Waals surface area contributed by atoms with E-state index in [-0.39, 0.29) is 5.91 Å². The summed E-state index contributed by atoms with van der Waals surface area (Å²) in [6.45, 7) is 7.52. The molecule has 2 aliphatic rings. The quantitative estimate of drug-likeness (QED) is 0.584. The predicted molar refractivity (Wildman–Crippen MR) is 120 cm³/mol. The normalized spacial score (nSPS) is 15.9. The molecular formula is C25H31N5O. The maximum atomic E-state index is 13.0. The third kappa shape index (κ3) is 4.03. The first-order valence-corrected chi connectivity index (χ1v) is 11.6. The van der Waals surface area contributed by atoms with Crippen LogP contribution >= 0.6 is 0 Å². The van der Waals surface area contributed by atoms with Crippen LogP contribution in [0, 0.1) is 12.8 Å². The summed E-state index contributed by atoms with van der Waals surface area (Å²) in [5.41, 5.74) is 5.82. The van der Waals surface area contributed by atoms with Gasteiger partial charge in [-0.25, -0.2) is 4.98 Å². The molecule has 6 nitrogen and oxygen atoms in total. The van der Waals surface area contributed by atoms with E-state index in [1.54, 1.807) is 0 Å². The summed E-state index contributed by atoms with van der Waals surface area (Å²) in [5.74, 6) is 1.96. The molecule has 0 unspecified atom stereocenters. The number of hydrogen-bond acceptors (Lipinski definition) is 3. The van der Waals surface area contributed by atoms with Gasteiger partial charge in [0.25, 0.3) is 0 Å². The lowest BCUT2D eigenvalue weighted by molar-refractivity contribution is -0.132. The number of carbonyl (C=O) groups is 1. The van der Waals surface area contributed by atoms with Crippen molar-refractivity contribution in [3.8, 4) is 11.5 Å². The van der Waals surface area contributed by atoms with Gasteiger partial charge in [0.1, 0.15) is 5.69 Å². The van der Waals surface area contributed by atoms with Gasteiger partial charge in [-0.15, -0.1) is 0 Å². The summed E-state index contributed by atoms with van der Waals surface area (Å²) in [7, 11) is 0. The number of amides is 1. The van der Waals surface area contributed by atoms with Crippen molar-refractivity contribution in [1.29, 1.82) is 0 Å². The molecule has 1 aliphatic heterocycles. The Morgan fingerprint density at radius 3 is 2.74 bits per heavy atom. The Morgan fingerprint density at radius 2 is 2.00 bits per heavy atom. The number of fused-ring (bicyclic) bond motifs is 1. The number of rotatable bonds is 7. The average Bonchev–Trinajstić information content (AvgIpc) is 3.45. The molecule has 1 amide bonds. The number of nitrogens with zero attached hydrogens (tertiary/aromatic N) is 5. The summed E-state index contributed by atoms with van der Waals surface area (Å²) in [5, 5.41) is 4.96. The van der Waals surface area contributed by atoms with Gasteiger partial charge >= 0.3 is 0 Å². The Hall–Kier alpha value is -2.89. The van der Waals surface area contributed by atoms with Crippen LogP contribution in [0.5, 0.6) is 0 Å². The van der Waals surface area contributed by atoms with Gasteiger partial charge in [0.05, 0.1) is 0 Å². The highest BCUT2D eigenvalue weighted by molar-refractivity contribution is 5.77. The molecule has 3 aromatic rings. The minimum absolute atomic E-state index is 0.224. The third-order valence-corrected chi connectivity index (χ3v) is 6.66. The predicted octanol–water partition coefficient (Wildman–Crippen LogP) is 4.00. The molecule has 31 heavy (non-hydrogen) atoms. The third-order valence-electron chi connectivity index (χ3n) is 6.66. The van der Waals surface area contributed by atoms with Gasteiger partial charge in [-0.05, 0) is 44.6 Å². The molecule has 0 atom stereocenters. The Bertz CT molecular complexity index is 1080. The molecule has 0 N–H and O–H groups in total. The van der Waals surface area contributed by atoms with Crippen LogP contribution < -0.4 is 0 Å². The summed E-state index contributed by atoms with van der Waals surface area (Å²) < 4.78 is 4.44. The van der Waals surface area contributed by atoms with Gasteiger partial charge in [0.15, 0.2) is 5.82 Å². The minimum Gasteiger partial charge on any atom is -0.338 e. The smallest absolute Gasteiger partial charge is 0.223 e. The minimum atomic E-state index is 0.224. The molecule has 6 heteroatoms. The lowest BCUT2D eigenvalue weighted by Gasteiger charge is -2.28. The number of aromatic nitrogens is 4. The fourth-order valence-electron chi connectivity index (χ4n) is 4.64. The fraction of sp³-hybridized carbons (Fsp3) is 0.480. The molecule has 1 fully saturated rings. The van der Waals surface area contributed by atoms with Crippen molar-refractivity contribution in [2.45, 2.75) is 65.6 Å². The van der Waals surface area contributed by atoms with Crippen molar-refractivity contribution in [3.63, 3.8) is 0 Å². The van der Waals surface area contributed by atoms with Crippen molar-refractivity contribution < 1.29 is 4.79 Å². The number of benzene rings is 1. The van der Waals surface area contributed by atoms with E-state index < -0.39 is 0 Å². The second kappa shape index (κ2) is 8.33. The molecule has 0 bridgehead atoms. The second-order valence-corrected chi connectivity index (χ2v) is 8.92. The molecule has 0 spiro atoms. The van der Waals surface area contributed by atoms with Crippen LogP contribution in [0.2, 0.25) is 0 Å². The first kappa shape index (κ1) is 20.0. The number of hydrogen-bond donors (Lipinski definition) is 0. The van der Waals surface area contributed by atoms with Gasteiger partial charge in [0, 0.05) is 62.2 Å². The van der Waals surface area contributed by atoms with Crippen LogP contribution in [0.3, 0.4) is 0 Å². The molecule has 2 aromatic heterocycles. The van der Waals surface area contributed by atoms with Crippen LogP contribution in [0.25, 0.3) is 11.5 Å². The summed E-state index contributed by atoms with van der Waals surface area (Å²) in [4.78, 5) is 19.8. The SMILES string of the molecule is CCn1nc(-c2ncc(C)n2CC2CC2)c2c1CCN(C(=O)CCc1ccccc1)C2. The lowest BCUT2D eigenvalue weighted by atomic mass is 10.0. The Balaban J connectivity index is 1.39. The molecule has 0 saturated heterocycles. The van der Waals surface area contributed by atoms with E-state index in [9.17, 15) is 4.79 Å². The highest BCUT2D eigenvalue weighted by Gasteiger charge is 2.30.